The van der Waals surface area contributed by atoms with Gasteiger partial charge in [0.25, 0.3) is 11.8 Å². The van der Waals surface area contributed by atoms with E-state index in [4.69, 9.17) is 5.73 Å². The van der Waals surface area contributed by atoms with Gasteiger partial charge in [0.2, 0.25) is 0 Å². The average Bonchev–Trinajstić information content (AvgIpc) is 2.47. The first-order valence-electron chi connectivity index (χ1n) is 7.00. The number of nitrogens with zero attached hydrogens (tertiary/aromatic N) is 1. The predicted molar refractivity (Wildman–Crippen MR) is 78.5 cm³/mol. The van der Waals surface area contributed by atoms with Crippen molar-refractivity contribution >= 4 is 11.8 Å². The number of benzene rings is 1. The Morgan fingerprint density at radius 3 is 2.62 bits per heavy atom. The van der Waals surface area contributed by atoms with E-state index in [9.17, 15) is 14.7 Å². The molecule has 1 atom stereocenters. The number of likely N-dealkylation sites (tertiary alicyclic amines) is 1. The highest BCUT2D eigenvalue weighted by atomic mass is 16.3. The first-order chi connectivity index (χ1) is 9.94. The number of aliphatic hydroxyl groups is 1. The number of carbonyl (C=O) groups is 2. The van der Waals surface area contributed by atoms with Crippen LogP contribution >= 0.6 is 0 Å². The van der Waals surface area contributed by atoms with Crippen molar-refractivity contribution in [2.75, 3.05) is 20.1 Å². The van der Waals surface area contributed by atoms with Crippen LogP contribution in [0.25, 0.3) is 0 Å². The van der Waals surface area contributed by atoms with E-state index in [0.717, 1.165) is 18.5 Å². The second kappa shape index (κ2) is 6.24. The van der Waals surface area contributed by atoms with E-state index in [1.165, 1.54) is 0 Å². The van der Waals surface area contributed by atoms with Crippen molar-refractivity contribution in [3.05, 3.63) is 35.4 Å². The zero-order valence-corrected chi connectivity index (χ0v) is 12.1. The van der Waals surface area contributed by atoms with Crippen LogP contribution < -0.4 is 11.1 Å². The summed E-state index contributed by atoms with van der Waals surface area (Å²) in [6.45, 7) is 1.68. The summed E-state index contributed by atoms with van der Waals surface area (Å²) in [5, 5.41) is 12.7. The zero-order valence-electron chi connectivity index (χ0n) is 12.1. The Morgan fingerprint density at radius 2 is 2.05 bits per heavy atom. The first-order valence-corrected chi connectivity index (χ1v) is 7.00. The third-order valence-electron chi connectivity index (χ3n) is 3.86. The molecule has 1 aromatic rings. The maximum atomic E-state index is 11.5. The lowest BCUT2D eigenvalue weighted by Crippen LogP contribution is -2.55. The number of primary amides is 1. The minimum atomic E-state index is -1.43. The standard InChI is InChI=1S/C15H21N3O3/c1-17-13(19)12-5-3-11(4-6-12)9-18-8-2-7-15(21,10-18)14(16)20/h3-6,21H,2,7-10H2,1H3,(H2,16,20)(H,17,19)/t15-/m1/s1. The SMILES string of the molecule is CNC(=O)c1ccc(CN2CCC[C@](O)(C(N)=O)C2)cc1. The van der Waals surface area contributed by atoms with E-state index in [-0.39, 0.29) is 12.5 Å². The Balaban J connectivity index is 2.01. The van der Waals surface area contributed by atoms with Crippen molar-refractivity contribution in [1.82, 2.24) is 10.2 Å². The number of β-amino-alcohol motifs (C(OH)–C–C–N with tert-alkyl or cyclic N) is 1. The molecule has 4 N–H and O–H groups in total. The van der Waals surface area contributed by atoms with Gasteiger partial charge in [-0.05, 0) is 37.1 Å². The molecule has 0 aromatic heterocycles. The largest absolute Gasteiger partial charge is 0.379 e. The topological polar surface area (TPSA) is 95.7 Å². The van der Waals surface area contributed by atoms with Crippen LogP contribution in [0.15, 0.2) is 24.3 Å². The third-order valence-corrected chi connectivity index (χ3v) is 3.86. The first kappa shape index (κ1) is 15.5. The van der Waals surface area contributed by atoms with E-state index in [1.54, 1.807) is 19.2 Å². The number of carbonyl (C=O) groups excluding carboxylic acids is 2. The van der Waals surface area contributed by atoms with Gasteiger partial charge in [-0.25, -0.2) is 0 Å². The Hall–Kier alpha value is -1.92. The summed E-state index contributed by atoms with van der Waals surface area (Å²) in [7, 11) is 1.59. The molecular formula is C15H21N3O3. The lowest BCUT2D eigenvalue weighted by Gasteiger charge is -2.37. The number of nitrogens with one attached hydrogen (secondary N) is 1. The number of amides is 2. The molecular weight excluding hydrogens is 270 g/mol. The molecule has 0 unspecified atom stereocenters. The number of piperidine rings is 1. The highest BCUT2D eigenvalue weighted by molar-refractivity contribution is 5.93. The van der Waals surface area contributed by atoms with E-state index >= 15 is 0 Å². The van der Waals surface area contributed by atoms with Crippen LogP contribution in [-0.2, 0) is 11.3 Å². The molecule has 1 aromatic carbocycles. The fraction of sp³-hybridized carbons (Fsp3) is 0.467. The molecule has 2 rings (SSSR count). The highest BCUT2D eigenvalue weighted by Crippen LogP contribution is 2.22. The zero-order chi connectivity index (χ0) is 15.5. The molecule has 6 heteroatoms. The van der Waals surface area contributed by atoms with Gasteiger partial charge in [0.1, 0.15) is 0 Å². The van der Waals surface area contributed by atoms with Crippen LogP contribution in [0.3, 0.4) is 0 Å². The summed E-state index contributed by atoms with van der Waals surface area (Å²) in [5.74, 6) is -0.787. The van der Waals surface area contributed by atoms with Gasteiger partial charge in [-0.3, -0.25) is 14.5 Å². The molecule has 0 aliphatic carbocycles. The molecule has 6 nitrogen and oxygen atoms in total. The maximum absolute atomic E-state index is 11.5. The molecule has 0 saturated carbocycles. The summed E-state index contributed by atoms with van der Waals surface area (Å²) in [6, 6.07) is 7.28. The minimum Gasteiger partial charge on any atom is -0.379 e. The smallest absolute Gasteiger partial charge is 0.251 e. The summed E-state index contributed by atoms with van der Waals surface area (Å²) in [5.41, 5.74) is 5.46. The van der Waals surface area contributed by atoms with Crippen LogP contribution in [0.5, 0.6) is 0 Å². The van der Waals surface area contributed by atoms with Gasteiger partial charge in [-0.2, -0.15) is 0 Å². The van der Waals surface area contributed by atoms with Crippen LogP contribution in [-0.4, -0.2) is 47.6 Å². The Morgan fingerprint density at radius 1 is 1.38 bits per heavy atom. The van der Waals surface area contributed by atoms with Crippen molar-refractivity contribution in [2.24, 2.45) is 5.73 Å². The third kappa shape index (κ3) is 3.59. The van der Waals surface area contributed by atoms with Gasteiger partial charge in [0, 0.05) is 25.7 Å². The average molecular weight is 291 g/mol. The summed E-state index contributed by atoms with van der Waals surface area (Å²) in [6.07, 6.45) is 1.14. The van der Waals surface area contributed by atoms with Gasteiger partial charge in [0.05, 0.1) is 0 Å². The maximum Gasteiger partial charge on any atom is 0.251 e. The van der Waals surface area contributed by atoms with Crippen molar-refractivity contribution in [2.45, 2.75) is 25.0 Å². The molecule has 2 amide bonds. The molecule has 1 aliphatic heterocycles. The van der Waals surface area contributed by atoms with E-state index in [2.05, 4.69) is 5.32 Å². The fourth-order valence-electron chi connectivity index (χ4n) is 2.62. The summed E-state index contributed by atoms with van der Waals surface area (Å²) in [4.78, 5) is 24.8. The predicted octanol–water partition coefficient (Wildman–Crippen LogP) is -0.142. The second-order valence-corrected chi connectivity index (χ2v) is 5.49. The Labute approximate surface area is 123 Å². The minimum absolute atomic E-state index is 0.123. The summed E-state index contributed by atoms with van der Waals surface area (Å²) >= 11 is 0. The van der Waals surface area contributed by atoms with Gasteiger partial charge < -0.3 is 16.2 Å². The molecule has 1 saturated heterocycles. The number of nitrogens with two attached hydrogens (primary N) is 1. The van der Waals surface area contributed by atoms with Gasteiger partial charge in [-0.15, -0.1) is 0 Å². The Bertz CT molecular complexity index is 529. The van der Waals surface area contributed by atoms with Crippen molar-refractivity contribution < 1.29 is 14.7 Å². The summed E-state index contributed by atoms with van der Waals surface area (Å²) < 4.78 is 0. The van der Waals surface area contributed by atoms with Crippen molar-refractivity contribution in [1.29, 1.82) is 0 Å². The fourth-order valence-corrected chi connectivity index (χ4v) is 2.62. The monoisotopic (exact) mass is 291 g/mol. The highest BCUT2D eigenvalue weighted by Gasteiger charge is 2.38. The molecule has 1 fully saturated rings. The normalized spacial score (nSPS) is 22.8. The van der Waals surface area contributed by atoms with E-state index < -0.39 is 11.5 Å². The van der Waals surface area contributed by atoms with E-state index in [1.807, 2.05) is 17.0 Å². The van der Waals surface area contributed by atoms with Crippen molar-refractivity contribution in [3.63, 3.8) is 0 Å². The van der Waals surface area contributed by atoms with Gasteiger partial charge >= 0.3 is 0 Å². The molecule has 0 radical (unpaired) electrons. The Kier molecular flexibility index (Phi) is 4.59. The molecule has 1 aliphatic rings. The molecule has 0 spiro atoms. The van der Waals surface area contributed by atoms with Crippen molar-refractivity contribution in [3.8, 4) is 0 Å². The lowest BCUT2D eigenvalue weighted by atomic mass is 9.92. The number of rotatable bonds is 4. The molecule has 1 heterocycles. The van der Waals surface area contributed by atoms with Crippen LogP contribution in [0, 0.1) is 0 Å². The molecule has 21 heavy (non-hydrogen) atoms. The number of hydrogen-bond donors (Lipinski definition) is 3. The van der Waals surface area contributed by atoms with Gasteiger partial charge in [0.15, 0.2) is 5.60 Å². The lowest BCUT2D eigenvalue weighted by molar-refractivity contribution is -0.142. The molecule has 0 bridgehead atoms. The number of hydrogen-bond acceptors (Lipinski definition) is 4. The van der Waals surface area contributed by atoms with Crippen LogP contribution in [0.2, 0.25) is 0 Å². The second-order valence-electron chi connectivity index (χ2n) is 5.49. The van der Waals surface area contributed by atoms with E-state index in [0.29, 0.717) is 18.5 Å². The van der Waals surface area contributed by atoms with Gasteiger partial charge in [-0.1, -0.05) is 12.1 Å². The van der Waals surface area contributed by atoms with Crippen LogP contribution in [0.1, 0.15) is 28.8 Å². The quantitative estimate of drug-likeness (QED) is 0.719. The van der Waals surface area contributed by atoms with Crippen LogP contribution in [0.4, 0.5) is 0 Å². The molecule has 114 valence electrons.